The standard InChI is InChI=1S/C10H15N5/c1-6(2)8-10-13-11-5-15(10)14-9(12-8)7(3)4/h5-7H,1-4H3. The fourth-order valence-electron chi connectivity index (χ4n) is 1.41. The molecule has 0 spiro atoms. The third-order valence-electron chi connectivity index (χ3n) is 2.27. The van der Waals surface area contributed by atoms with Crippen LogP contribution in [0.5, 0.6) is 0 Å². The molecule has 0 fully saturated rings. The molecular weight excluding hydrogens is 190 g/mol. The Kier molecular flexibility index (Phi) is 2.38. The van der Waals surface area contributed by atoms with E-state index >= 15 is 0 Å². The summed E-state index contributed by atoms with van der Waals surface area (Å²) in [6.07, 6.45) is 1.62. The third-order valence-corrected chi connectivity index (χ3v) is 2.27. The molecule has 0 bridgehead atoms. The van der Waals surface area contributed by atoms with Crippen LogP contribution in [0.4, 0.5) is 0 Å². The topological polar surface area (TPSA) is 56.0 Å². The number of hydrogen-bond acceptors (Lipinski definition) is 4. The second kappa shape index (κ2) is 3.56. The van der Waals surface area contributed by atoms with Gasteiger partial charge in [-0.15, -0.1) is 15.3 Å². The number of rotatable bonds is 2. The van der Waals surface area contributed by atoms with Gasteiger partial charge >= 0.3 is 0 Å². The van der Waals surface area contributed by atoms with Gasteiger partial charge in [0.15, 0.2) is 11.5 Å². The molecule has 2 aromatic rings. The molecule has 2 heterocycles. The van der Waals surface area contributed by atoms with E-state index in [4.69, 9.17) is 0 Å². The summed E-state index contributed by atoms with van der Waals surface area (Å²) in [6.45, 7) is 8.35. The summed E-state index contributed by atoms with van der Waals surface area (Å²) < 4.78 is 1.71. The van der Waals surface area contributed by atoms with Gasteiger partial charge in [-0.1, -0.05) is 27.7 Å². The lowest BCUT2D eigenvalue weighted by Gasteiger charge is -2.09. The summed E-state index contributed by atoms with van der Waals surface area (Å²) in [4.78, 5) is 4.54. The van der Waals surface area contributed by atoms with Crippen molar-refractivity contribution >= 4 is 5.65 Å². The first kappa shape index (κ1) is 10.0. The van der Waals surface area contributed by atoms with Crippen molar-refractivity contribution in [3.63, 3.8) is 0 Å². The number of hydrogen-bond donors (Lipinski definition) is 0. The van der Waals surface area contributed by atoms with Gasteiger partial charge < -0.3 is 0 Å². The predicted octanol–water partition coefficient (Wildman–Crippen LogP) is 1.77. The summed E-state index contributed by atoms with van der Waals surface area (Å²) >= 11 is 0. The zero-order valence-electron chi connectivity index (χ0n) is 9.47. The predicted molar refractivity (Wildman–Crippen MR) is 56.8 cm³/mol. The van der Waals surface area contributed by atoms with E-state index in [2.05, 4.69) is 48.0 Å². The molecule has 5 nitrogen and oxygen atoms in total. The molecule has 15 heavy (non-hydrogen) atoms. The summed E-state index contributed by atoms with van der Waals surface area (Å²) in [5, 5.41) is 12.2. The van der Waals surface area contributed by atoms with Crippen LogP contribution in [0.25, 0.3) is 5.65 Å². The van der Waals surface area contributed by atoms with Crippen LogP contribution in [0.15, 0.2) is 6.33 Å². The van der Waals surface area contributed by atoms with Crippen molar-refractivity contribution in [3.8, 4) is 0 Å². The van der Waals surface area contributed by atoms with E-state index in [1.54, 1.807) is 10.8 Å². The smallest absolute Gasteiger partial charge is 0.199 e. The number of fused-ring (bicyclic) bond motifs is 1. The van der Waals surface area contributed by atoms with Gasteiger partial charge in [0.1, 0.15) is 6.33 Å². The Balaban J connectivity index is 2.69. The van der Waals surface area contributed by atoms with Crippen LogP contribution in [0, 0.1) is 0 Å². The minimum absolute atomic E-state index is 0.314. The molecule has 2 rings (SSSR count). The monoisotopic (exact) mass is 205 g/mol. The number of nitrogens with zero attached hydrogens (tertiary/aromatic N) is 5. The second-order valence-corrected chi connectivity index (χ2v) is 4.26. The quantitative estimate of drug-likeness (QED) is 0.749. The first-order valence-corrected chi connectivity index (χ1v) is 5.17. The highest BCUT2D eigenvalue weighted by molar-refractivity contribution is 5.42. The molecule has 80 valence electrons. The van der Waals surface area contributed by atoms with Gasteiger partial charge in [0.2, 0.25) is 0 Å². The lowest BCUT2D eigenvalue weighted by atomic mass is 10.1. The van der Waals surface area contributed by atoms with Crippen LogP contribution in [0.3, 0.4) is 0 Å². The van der Waals surface area contributed by atoms with Gasteiger partial charge in [-0.05, 0) is 5.92 Å². The third kappa shape index (κ3) is 1.69. The molecule has 0 aliphatic carbocycles. The summed E-state index contributed by atoms with van der Waals surface area (Å²) in [5.41, 5.74) is 1.72. The molecule has 0 saturated carbocycles. The minimum atomic E-state index is 0.314. The highest BCUT2D eigenvalue weighted by Gasteiger charge is 2.14. The maximum absolute atomic E-state index is 4.54. The molecule has 0 aliphatic rings. The average molecular weight is 205 g/mol. The molecule has 0 amide bonds. The van der Waals surface area contributed by atoms with E-state index in [1.165, 1.54) is 0 Å². The Hall–Kier alpha value is -1.52. The van der Waals surface area contributed by atoms with Crippen LogP contribution in [0.1, 0.15) is 51.0 Å². The maximum Gasteiger partial charge on any atom is 0.199 e. The fraction of sp³-hybridized carbons (Fsp3) is 0.600. The van der Waals surface area contributed by atoms with Gasteiger partial charge in [-0.2, -0.15) is 4.52 Å². The van der Waals surface area contributed by atoms with E-state index < -0.39 is 0 Å². The highest BCUT2D eigenvalue weighted by Crippen LogP contribution is 2.18. The molecular formula is C10H15N5. The Morgan fingerprint density at radius 2 is 1.87 bits per heavy atom. The molecule has 0 radical (unpaired) electrons. The van der Waals surface area contributed by atoms with Gasteiger partial charge in [-0.25, -0.2) is 4.98 Å². The summed E-state index contributed by atoms with van der Waals surface area (Å²) in [5.74, 6) is 1.48. The van der Waals surface area contributed by atoms with Crippen molar-refractivity contribution in [2.24, 2.45) is 0 Å². The fourth-order valence-corrected chi connectivity index (χ4v) is 1.41. The average Bonchev–Trinajstić information content (AvgIpc) is 2.62. The van der Waals surface area contributed by atoms with Crippen LogP contribution in [-0.4, -0.2) is 24.8 Å². The van der Waals surface area contributed by atoms with Crippen molar-refractivity contribution < 1.29 is 0 Å². The highest BCUT2D eigenvalue weighted by atomic mass is 15.4. The molecule has 0 aliphatic heterocycles. The Morgan fingerprint density at radius 1 is 1.13 bits per heavy atom. The van der Waals surface area contributed by atoms with E-state index in [0.29, 0.717) is 11.8 Å². The second-order valence-electron chi connectivity index (χ2n) is 4.26. The molecule has 0 unspecified atom stereocenters. The van der Waals surface area contributed by atoms with Crippen molar-refractivity contribution in [1.82, 2.24) is 24.8 Å². The van der Waals surface area contributed by atoms with Crippen molar-refractivity contribution in [2.45, 2.75) is 39.5 Å². The SMILES string of the molecule is CC(C)c1nc(C(C)C)c2nncn2n1. The van der Waals surface area contributed by atoms with Crippen LogP contribution in [-0.2, 0) is 0 Å². The molecule has 0 N–H and O–H groups in total. The normalized spacial score (nSPS) is 11.9. The molecule has 0 saturated heterocycles. The van der Waals surface area contributed by atoms with Crippen LogP contribution in [0.2, 0.25) is 0 Å². The van der Waals surface area contributed by atoms with E-state index in [9.17, 15) is 0 Å². The Morgan fingerprint density at radius 3 is 2.47 bits per heavy atom. The van der Waals surface area contributed by atoms with Gasteiger partial charge in [-0.3, -0.25) is 0 Å². The lowest BCUT2D eigenvalue weighted by Crippen LogP contribution is -2.08. The van der Waals surface area contributed by atoms with Gasteiger partial charge in [0.05, 0.1) is 5.69 Å². The summed E-state index contributed by atoms with van der Waals surface area (Å²) in [7, 11) is 0. The molecule has 2 aromatic heterocycles. The first-order valence-electron chi connectivity index (χ1n) is 5.17. The van der Waals surface area contributed by atoms with Crippen molar-refractivity contribution in [3.05, 3.63) is 17.8 Å². The maximum atomic E-state index is 4.54. The number of aromatic nitrogens is 5. The van der Waals surface area contributed by atoms with Crippen LogP contribution >= 0.6 is 0 Å². The lowest BCUT2D eigenvalue weighted by molar-refractivity contribution is 0.683. The van der Waals surface area contributed by atoms with Gasteiger partial charge in [0, 0.05) is 5.92 Å². The van der Waals surface area contributed by atoms with E-state index in [0.717, 1.165) is 17.2 Å². The van der Waals surface area contributed by atoms with Crippen LogP contribution < -0.4 is 0 Å². The Bertz CT molecular complexity index is 472. The molecule has 0 aromatic carbocycles. The van der Waals surface area contributed by atoms with E-state index in [1.807, 2.05) is 0 Å². The molecule has 0 atom stereocenters. The van der Waals surface area contributed by atoms with Crippen molar-refractivity contribution in [1.29, 1.82) is 0 Å². The minimum Gasteiger partial charge on any atom is -0.232 e. The van der Waals surface area contributed by atoms with Gasteiger partial charge in [0.25, 0.3) is 0 Å². The zero-order chi connectivity index (χ0) is 11.0. The Labute approximate surface area is 88.6 Å². The zero-order valence-corrected chi connectivity index (χ0v) is 9.47. The largest absolute Gasteiger partial charge is 0.232 e. The first-order chi connectivity index (χ1) is 7.09. The molecule has 5 heteroatoms. The van der Waals surface area contributed by atoms with E-state index in [-0.39, 0.29) is 0 Å². The van der Waals surface area contributed by atoms with Crippen molar-refractivity contribution in [2.75, 3.05) is 0 Å². The summed E-state index contributed by atoms with van der Waals surface area (Å²) in [6, 6.07) is 0.